The van der Waals surface area contributed by atoms with Crippen LogP contribution in [0.4, 0.5) is 0 Å². The van der Waals surface area contributed by atoms with Gasteiger partial charge >= 0.3 is 11.9 Å². The summed E-state index contributed by atoms with van der Waals surface area (Å²) in [6.45, 7) is 3.54. The molecule has 0 bridgehead atoms. The zero-order chi connectivity index (χ0) is 16.8. The Hall–Kier alpha value is -2.43. The van der Waals surface area contributed by atoms with Crippen molar-refractivity contribution in [3.8, 4) is 0 Å². The van der Waals surface area contributed by atoms with E-state index in [1.54, 1.807) is 36.5 Å². The van der Waals surface area contributed by atoms with E-state index >= 15 is 0 Å². The molecule has 120 valence electrons. The first kappa shape index (κ1) is 19.6. The minimum Gasteiger partial charge on any atom is -0.468 e. The van der Waals surface area contributed by atoms with Crippen LogP contribution in [-0.4, -0.2) is 32.4 Å². The van der Waals surface area contributed by atoms with Crippen LogP contribution in [0.25, 0.3) is 0 Å². The number of allylic oxidation sites excluding steroid dienone is 6. The first-order chi connectivity index (χ1) is 10.6. The largest absolute Gasteiger partial charge is 0.468 e. The molecule has 0 aromatic heterocycles. The number of carbonyl (C=O) groups excluding carboxylic acids is 3. The van der Waals surface area contributed by atoms with Crippen LogP contribution in [0.3, 0.4) is 0 Å². The molecule has 22 heavy (non-hydrogen) atoms. The highest BCUT2D eigenvalue weighted by molar-refractivity contribution is 6.02. The van der Waals surface area contributed by atoms with Gasteiger partial charge in [-0.1, -0.05) is 49.1 Å². The SMILES string of the molecule is C=C/C=C/CC(/C=C/C=C\CCC=O)(C(=O)OC)C(=O)OC. The molecule has 0 aliphatic heterocycles. The van der Waals surface area contributed by atoms with Gasteiger partial charge in [0.05, 0.1) is 14.2 Å². The normalized spacial score (nSPS) is 11.9. The Morgan fingerprint density at radius 2 is 1.64 bits per heavy atom. The molecule has 0 aromatic carbocycles. The third-order valence-electron chi connectivity index (χ3n) is 2.89. The van der Waals surface area contributed by atoms with Gasteiger partial charge in [0, 0.05) is 6.42 Å². The maximum atomic E-state index is 12.1. The topological polar surface area (TPSA) is 69.7 Å². The molecule has 0 radical (unpaired) electrons. The van der Waals surface area contributed by atoms with Crippen LogP contribution in [0.15, 0.2) is 49.1 Å². The number of rotatable bonds is 10. The number of carbonyl (C=O) groups is 3. The van der Waals surface area contributed by atoms with Gasteiger partial charge in [-0.3, -0.25) is 9.59 Å². The maximum Gasteiger partial charge on any atom is 0.327 e. The van der Waals surface area contributed by atoms with Gasteiger partial charge in [0.25, 0.3) is 0 Å². The van der Waals surface area contributed by atoms with Crippen LogP contribution in [0.1, 0.15) is 19.3 Å². The Morgan fingerprint density at radius 1 is 1.00 bits per heavy atom. The molecule has 0 atom stereocenters. The monoisotopic (exact) mass is 306 g/mol. The molecule has 5 nitrogen and oxygen atoms in total. The summed E-state index contributed by atoms with van der Waals surface area (Å²) in [6, 6.07) is 0. The smallest absolute Gasteiger partial charge is 0.327 e. The zero-order valence-electron chi connectivity index (χ0n) is 13.0. The zero-order valence-corrected chi connectivity index (χ0v) is 13.0. The lowest BCUT2D eigenvalue weighted by Crippen LogP contribution is -2.39. The Balaban J connectivity index is 5.37. The van der Waals surface area contributed by atoms with Gasteiger partial charge in [-0.05, 0) is 12.8 Å². The summed E-state index contributed by atoms with van der Waals surface area (Å²) in [5.74, 6) is -1.41. The standard InChI is InChI=1S/C17H22O5/c1-4-5-9-12-17(15(19)21-2,16(20)22-3)13-10-7-6-8-11-14-18/h4-7,9-10,13-14H,1,8,11-12H2,2-3H3/b7-6-,9-5+,13-10+. The summed E-state index contributed by atoms with van der Waals surface area (Å²) in [4.78, 5) is 34.4. The summed E-state index contributed by atoms with van der Waals surface area (Å²) >= 11 is 0. The van der Waals surface area contributed by atoms with Crippen LogP contribution in [-0.2, 0) is 23.9 Å². The van der Waals surface area contributed by atoms with Crippen LogP contribution in [0, 0.1) is 5.41 Å². The Kier molecular flexibility index (Phi) is 10.0. The number of aldehydes is 1. The van der Waals surface area contributed by atoms with Crippen LogP contribution >= 0.6 is 0 Å². The second-order valence-corrected chi connectivity index (χ2v) is 4.35. The predicted molar refractivity (Wildman–Crippen MR) is 84.0 cm³/mol. The average molecular weight is 306 g/mol. The number of hydrogen-bond acceptors (Lipinski definition) is 5. The second-order valence-electron chi connectivity index (χ2n) is 4.35. The van der Waals surface area contributed by atoms with Gasteiger partial charge in [0.1, 0.15) is 6.29 Å². The van der Waals surface area contributed by atoms with Crippen molar-refractivity contribution in [1.29, 1.82) is 0 Å². The highest BCUT2D eigenvalue weighted by atomic mass is 16.5. The molecule has 0 aromatic rings. The van der Waals surface area contributed by atoms with E-state index < -0.39 is 17.4 Å². The minimum atomic E-state index is -1.54. The van der Waals surface area contributed by atoms with E-state index in [0.717, 1.165) is 6.29 Å². The maximum absolute atomic E-state index is 12.1. The van der Waals surface area contributed by atoms with Crippen LogP contribution in [0.5, 0.6) is 0 Å². The molecule has 0 spiro atoms. The van der Waals surface area contributed by atoms with E-state index in [2.05, 4.69) is 6.58 Å². The van der Waals surface area contributed by atoms with Crippen molar-refractivity contribution in [3.05, 3.63) is 49.1 Å². The number of ether oxygens (including phenoxy) is 2. The molecule has 0 aliphatic rings. The molecule has 5 heteroatoms. The number of esters is 2. The van der Waals surface area contributed by atoms with E-state index in [4.69, 9.17) is 9.47 Å². The van der Waals surface area contributed by atoms with Crippen molar-refractivity contribution in [1.82, 2.24) is 0 Å². The molecular weight excluding hydrogens is 284 g/mol. The molecule has 0 heterocycles. The summed E-state index contributed by atoms with van der Waals surface area (Å²) in [6.07, 6.45) is 13.2. The highest BCUT2D eigenvalue weighted by Crippen LogP contribution is 2.29. The van der Waals surface area contributed by atoms with E-state index in [-0.39, 0.29) is 6.42 Å². The van der Waals surface area contributed by atoms with Crippen LogP contribution < -0.4 is 0 Å². The van der Waals surface area contributed by atoms with Gasteiger partial charge in [-0.25, -0.2) is 0 Å². The molecule has 0 unspecified atom stereocenters. The lowest BCUT2D eigenvalue weighted by Gasteiger charge is -2.23. The van der Waals surface area contributed by atoms with Gasteiger partial charge in [0.2, 0.25) is 0 Å². The molecular formula is C17H22O5. The summed E-state index contributed by atoms with van der Waals surface area (Å²) in [5.41, 5.74) is -1.54. The molecule has 0 amide bonds. The van der Waals surface area contributed by atoms with Gasteiger partial charge < -0.3 is 14.3 Å². The highest BCUT2D eigenvalue weighted by Gasteiger charge is 2.45. The molecule has 0 aliphatic carbocycles. The molecule has 0 saturated carbocycles. The minimum absolute atomic E-state index is 0.0943. The van der Waals surface area contributed by atoms with Gasteiger partial charge in [0.15, 0.2) is 5.41 Å². The predicted octanol–water partition coefficient (Wildman–Crippen LogP) is 2.54. The summed E-state index contributed by atoms with van der Waals surface area (Å²) in [7, 11) is 2.43. The van der Waals surface area contributed by atoms with E-state index in [0.29, 0.717) is 12.8 Å². The molecule has 0 fully saturated rings. The molecule has 0 saturated heterocycles. The average Bonchev–Trinajstić information content (AvgIpc) is 2.55. The summed E-state index contributed by atoms with van der Waals surface area (Å²) < 4.78 is 9.49. The molecule has 0 rings (SSSR count). The number of hydrogen-bond donors (Lipinski definition) is 0. The fraction of sp³-hybridized carbons (Fsp3) is 0.353. The molecule has 0 N–H and O–H groups in total. The van der Waals surface area contributed by atoms with Crippen molar-refractivity contribution in [2.45, 2.75) is 19.3 Å². The van der Waals surface area contributed by atoms with Crippen molar-refractivity contribution < 1.29 is 23.9 Å². The van der Waals surface area contributed by atoms with Crippen molar-refractivity contribution in [3.63, 3.8) is 0 Å². The van der Waals surface area contributed by atoms with E-state index in [1.165, 1.54) is 20.3 Å². The van der Waals surface area contributed by atoms with Gasteiger partial charge in [-0.2, -0.15) is 0 Å². The van der Waals surface area contributed by atoms with Crippen molar-refractivity contribution >= 4 is 18.2 Å². The lowest BCUT2D eigenvalue weighted by molar-refractivity contribution is -0.164. The summed E-state index contributed by atoms with van der Waals surface area (Å²) in [5, 5.41) is 0. The Labute approximate surface area is 131 Å². The first-order valence-electron chi connectivity index (χ1n) is 6.81. The lowest BCUT2D eigenvalue weighted by atomic mass is 9.83. The third-order valence-corrected chi connectivity index (χ3v) is 2.89. The van der Waals surface area contributed by atoms with E-state index in [9.17, 15) is 14.4 Å². The third kappa shape index (κ3) is 5.91. The van der Waals surface area contributed by atoms with Crippen molar-refractivity contribution in [2.24, 2.45) is 5.41 Å². The van der Waals surface area contributed by atoms with Crippen LogP contribution in [0.2, 0.25) is 0 Å². The van der Waals surface area contributed by atoms with Crippen molar-refractivity contribution in [2.75, 3.05) is 14.2 Å². The Morgan fingerprint density at radius 3 is 2.14 bits per heavy atom. The fourth-order valence-electron chi connectivity index (χ4n) is 1.73. The quantitative estimate of drug-likeness (QED) is 0.204. The first-order valence-corrected chi connectivity index (χ1v) is 6.81. The second kappa shape index (κ2) is 11.3. The fourth-order valence-corrected chi connectivity index (χ4v) is 1.73. The number of unbranched alkanes of at least 4 members (excludes halogenated alkanes) is 1. The van der Waals surface area contributed by atoms with E-state index in [1.807, 2.05) is 0 Å². The number of methoxy groups -OCH3 is 2. The van der Waals surface area contributed by atoms with Gasteiger partial charge in [-0.15, -0.1) is 0 Å². The Bertz CT molecular complexity index is 455.